The van der Waals surface area contributed by atoms with Gasteiger partial charge in [-0.2, -0.15) is 0 Å². The van der Waals surface area contributed by atoms with Crippen LogP contribution >= 0.6 is 0 Å². The number of likely N-dealkylation sites (N-methyl/N-ethyl adjacent to an activating group) is 1. The van der Waals surface area contributed by atoms with E-state index >= 15 is 0 Å². The number of carbonyl (C=O) groups excluding carboxylic acids is 2. The molecule has 1 atom stereocenters. The zero-order valence-electron chi connectivity index (χ0n) is 15.1. The summed E-state index contributed by atoms with van der Waals surface area (Å²) < 4.78 is 0. The number of hydrogen-bond acceptors (Lipinski definition) is 2. The minimum Gasteiger partial charge on any atom is -0.341 e. The van der Waals surface area contributed by atoms with Crippen LogP contribution in [-0.4, -0.2) is 47.3 Å². The van der Waals surface area contributed by atoms with Crippen LogP contribution in [0.5, 0.6) is 0 Å². The second-order valence-electron chi connectivity index (χ2n) is 6.57. The molecule has 132 valence electrons. The highest BCUT2D eigenvalue weighted by Gasteiger charge is 2.35. The number of carbonyl (C=O) groups is 2. The molecule has 2 aromatic carbocycles. The Morgan fingerprint density at radius 2 is 1.80 bits per heavy atom. The summed E-state index contributed by atoms with van der Waals surface area (Å²) in [4.78, 5) is 29.3. The topological polar surface area (TPSA) is 40.6 Å². The molecule has 0 spiro atoms. The molecule has 1 heterocycles. The fourth-order valence-corrected chi connectivity index (χ4v) is 3.78. The summed E-state index contributed by atoms with van der Waals surface area (Å²) in [6.07, 6.45) is 2.03. The van der Waals surface area contributed by atoms with Crippen LogP contribution in [0.1, 0.15) is 32.3 Å². The number of nitrogens with zero attached hydrogens (tertiary/aromatic N) is 2. The fraction of sp³-hybridized carbons (Fsp3) is 0.429. The maximum atomic E-state index is 12.9. The van der Waals surface area contributed by atoms with Gasteiger partial charge >= 0.3 is 0 Å². The van der Waals surface area contributed by atoms with E-state index in [-0.39, 0.29) is 17.9 Å². The summed E-state index contributed by atoms with van der Waals surface area (Å²) in [7, 11) is 0. The quantitative estimate of drug-likeness (QED) is 0.840. The first kappa shape index (κ1) is 17.5. The van der Waals surface area contributed by atoms with E-state index in [1.54, 1.807) is 4.90 Å². The Kier molecular flexibility index (Phi) is 5.37. The Morgan fingerprint density at radius 3 is 2.56 bits per heavy atom. The van der Waals surface area contributed by atoms with Crippen LogP contribution in [-0.2, 0) is 16.0 Å². The standard InChI is InChI=1S/C21H26N2O2/c1-3-22(4-2)21(25)19-13-8-14-23(19)20(24)15-17-11-7-10-16-9-5-6-12-18(16)17/h5-7,9-12,19H,3-4,8,13-15H2,1-2H3. The van der Waals surface area contributed by atoms with Crippen molar-refractivity contribution in [1.29, 1.82) is 0 Å². The largest absolute Gasteiger partial charge is 0.341 e. The molecule has 1 fully saturated rings. The van der Waals surface area contributed by atoms with E-state index in [1.165, 1.54) is 0 Å². The van der Waals surface area contributed by atoms with Gasteiger partial charge in [0.2, 0.25) is 11.8 Å². The van der Waals surface area contributed by atoms with Crippen molar-refractivity contribution in [3.05, 3.63) is 48.0 Å². The number of likely N-dealkylation sites (tertiary alicyclic amines) is 1. The van der Waals surface area contributed by atoms with E-state index < -0.39 is 0 Å². The molecular weight excluding hydrogens is 312 g/mol. The Bertz CT molecular complexity index is 762. The number of hydrogen-bond donors (Lipinski definition) is 0. The van der Waals surface area contributed by atoms with Crippen LogP contribution in [0.2, 0.25) is 0 Å². The van der Waals surface area contributed by atoms with Gasteiger partial charge in [-0.25, -0.2) is 0 Å². The molecule has 0 aliphatic carbocycles. The molecule has 3 rings (SSSR count). The second-order valence-corrected chi connectivity index (χ2v) is 6.57. The van der Waals surface area contributed by atoms with Gasteiger partial charge in [0.15, 0.2) is 0 Å². The summed E-state index contributed by atoms with van der Waals surface area (Å²) >= 11 is 0. The number of fused-ring (bicyclic) bond motifs is 1. The lowest BCUT2D eigenvalue weighted by Crippen LogP contribution is -2.48. The van der Waals surface area contributed by atoms with Gasteiger partial charge in [0.25, 0.3) is 0 Å². The normalized spacial score (nSPS) is 17.0. The van der Waals surface area contributed by atoms with Crippen molar-refractivity contribution in [2.45, 2.75) is 39.2 Å². The molecule has 2 aromatic rings. The zero-order chi connectivity index (χ0) is 17.8. The molecule has 0 aromatic heterocycles. The summed E-state index contributed by atoms with van der Waals surface area (Å²) in [5.41, 5.74) is 1.03. The number of rotatable bonds is 5. The Hall–Kier alpha value is -2.36. The lowest BCUT2D eigenvalue weighted by Gasteiger charge is -2.29. The van der Waals surface area contributed by atoms with Gasteiger partial charge in [-0.3, -0.25) is 9.59 Å². The smallest absolute Gasteiger partial charge is 0.245 e. The molecule has 25 heavy (non-hydrogen) atoms. The first-order valence-electron chi connectivity index (χ1n) is 9.20. The van der Waals surface area contributed by atoms with E-state index in [4.69, 9.17) is 0 Å². The third-order valence-corrected chi connectivity index (χ3v) is 5.15. The minimum atomic E-state index is -0.289. The average molecular weight is 338 g/mol. The monoisotopic (exact) mass is 338 g/mol. The van der Waals surface area contributed by atoms with E-state index in [2.05, 4.69) is 18.2 Å². The van der Waals surface area contributed by atoms with Gasteiger partial charge in [-0.1, -0.05) is 42.5 Å². The molecule has 1 aliphatic rings. The maximum absolute atomic E-state index is 12.9. The van der Waals surface area contributed by atoms with Crippen LogP contribution in [0.3, 0.4) is 0 Å². The molecular formula is C21H26N2O2. The third-order valence-electron chi connectivity index (χ3n) is 5.15. The maximum Gasteiger partial charge on any atom is 0.245 e. The highest BCUT2D eigenvalue weighted by atomic mass is 16.2. The van der Waals surface area contributed by atoms with Gasteiger partial charge in [0.05, 0.1) is 6.42 Å². The molecule has 0 bridgehead atoms. The second kappa shape index (κ2) is 7.68. The minimum absolute atomic E-state index is 0.0550. The predicted molar refractivity (Wildman–Crippen MR) is 100 cm³/mol. The highest BCUT2D eigenvalue weighted by Crippen LogP contribution is 2.23. The van der Waals surface area contributed by atoms with Gasteiger partial charge in [-0.05, 0) is 43.0 Å². The van der Waals surface area contributed by atoms with Gasteiger partial charge < -0.3 is 9.80 Å². The van der Waals surface area contributed by atoms with Crippen molar-refractivity contribution >= 4 is 22.6 Å². The van der Waals surface area contributed by atoms with E-state index in [1.807, 2.05) is 43.0 Å². The SMILES string of the molecule is CCN(CC)C(=O)C1CCCN1C(=O)Cc1cccc2ccccc12. The fourth-order valence-electron chi connectivity index (χ4n) is 3.78. The van der Waals surface area contributed by atoms with E-state index in [0.29, 0.717) is 26.1 Å². The summed E-state index contributed by atoms with van der Waals surface area (Å²) in [6, 6.07) is 13.9. The Morgan fingerprint density at radius 1 is 1.08 bits per heavy atom. The van der Waals surface area contributed by atoms with E-state index in [9.17, 15) is 9.59 Å². The molecule has 2 amide bonds. The van der Waals surface area contributed by atoms with Crippen molar-refractivity contribution in [1.82, 2.24) is 9.80 Å². The van der Waals surface area contributed by atoms with Crippen molar-refractivity contribution in [2.75, 3.05) is 19.6 Å². The highest BCUT2D eigenvalue weighted by molar-refractivity contribution is 5.93. The van der Waals surface area contributed by atoms with Crippen LogP contribution in [0.4, 0.5) is 0 Å². The van der Waals surface area contributed by atoms with Crippen molar-refractivity contribution < 1.29 is 9.59 Å². The van der Waals surface area contributed by atoms with Gasteiger partial charge in [0.1, 0.15) is 6.04 Å². The Labute approximate surface area is 149 Å². The van der Waals surface area contributed by atoms with Crippen LogP contribution in [0.25, 0.3) is 10.8 Å². The van der Waals surface area contributed by atoms with Crippen LogP contribution in [0, 0.1) is 0 Å². The summed E-state index contributed by atoms with van der Waals surface area (Å²) in [5, 5.41) is 2.26. The zero-order valence-corrected chi connectivity index (χ0v) is 15.1. The van der Waals surface area contributed by atoms with E-state index in [0.717, 1.165) is 29.2 Å². The van der Waals surface area contributed by atoms with Gasteiger partial charge in [-0.15, -0.1) is 0 Å². The number of benzene rings is 2. The molecule has 4 heteroatoms. The molecule has 0 radical (unpaired) electrons. The predicted octanol–water partition coefficient (Wildman–Crippen LogP) is 3.24. The molecule has 0 N–H and O–H groups in total. The number of amides is 2. The molecule has 1 saturated heterocycles. The van der Waals surface area contributed by atoms with Crippen molar-refractivity contribution in [2.24, 2.45) is 0 Å². The van der Waals surface area contributed by atoms with Gasteiger partial charge in [0, 0.05) is 19.6 Å². The van der Waals surface area contributed by atoms with Crippen molar-refractivity contribution in [3.8, 4) is 0 Å². The average Bonchev–Trinajstić information content (AvgIpc) is 3.13. The van der Waals surface area contributed by atoms with Crippen LogP contribution in [0.15, 0.2) is 42.5 Å². The first-order chi connectivity index (χ1) is 12.2. The lowest BCUT2D eigenvalue weighted by molar-refractivity contribution is -0.143. The molecule has 0 saturated carbocycles. The third kappa shape index (κ3) is 3.53. The summed E-state index contributed by atoms with van der Waals surface area (Å²) in [5.74, 6) is 0.146. The first-order valence-corrected chi connectivity index (χ1v) is 9.20. The lowest BCUT2D eigenvalue weighted by atomic mass is 10.0. The van der Waals surface area contributed by atoms with Crippen LogP contribution < -0.4 is 0 Å². The van der Waals surface area contributed by atoms with Crippen molar-refractivity contribution in [3.63, 3.8) is 0 Å². The Balaban J connectivity index is 1.79. The molecule has 1 unspecified atom stereocenters. The summed E-state index contributed by atoms with van der Waals surface area (Å²) in [6.45, 7) is 6.03. The molecule has 1 aliphatic heterocycles. The molecule has 4 nitrogen and oxygen atoms in total.